The molecule has 2 rings (SSSR count). The van der Waals surface area contributed by atoms with Crippen LogP contribution >= 0.6 is 0 Å². The fourth-order valence-corrected chi connectivity index (χ4v) is 1.32. The van der Waals surface area contributed by atoms with Crippen LogP contribution in [0, 0.1) is 5.95 Å². The SMILES string of the molecule is COc1cccnc1-c1cccnc1F. The van der Waals surface area contributed by atoms with Crippen LogP contribution in [0.2, 0.25) is 0 Å². The molecular formula is C11H9FN2O. The van der Waals surface area contributed by atoms with Gasteiger partial charge >= 0.3 is 0 Å². The average Bonchev–Trinajstić information content (AvgIpc) is 2.30. The molecule has 4 heteroatoms. The van der Waals surface area contributed by atoms with Crippen molar-refractivity contribution in [3.05, 3.63) is 42.6 Å². The Kier molecular flexibility index (Phi) is 2.58. The van der Waals surface area contributed by atoms with Crippen LogP contribution < -0.4 is 4.74 Å². The van der Waals surface area contributed by atoms with Gasteiger partial charge in [-0.3, -0.25) is 4.98 Å². The number of methoxy groups -OCH3 is 1. The van der Waals surface area contributed by atoms with Gasteiger partial charge < -0.3 is 4.74 Å². The summed E-state index contributed by atoms with van der Waals surface area (Å²) < 4.78 is 18.5. The normalized spacial score (nSPS) is 10.0. The van der Waals surface area contributed by atoms with E-state index in [2.05, 4.69) is 9.97 Å². The number of rotatable bonds is 2. The number of ether oxygens (including phenoxy) is 1. The molecule has 2 aromatic rings. The Morgan fingerprint density at radius 2 is 1.87 bits per heavy atom. The van der Waals surface area contributed by atoms with Crippen molar-refractivity contribution in [2.45, 2.75) is 0 Å². The van der Waals surface area contributed by atoms with Gasteiger partial charge in [-0.05, 0) is 24.3 Å². The van der Waals surface area contributed by atoms with Crippen molar-refractivity contribution in [1.29, 1.82) is 0 Å². The van der Waals surface area contributed by atoms with Crippen molar-refractivity contribution in [2.75, 3.05) is 7.11 Å². The molecule has 0 unspecified atom stereocenters. The Balaban J connectivity index is 2.59. The van der Waals surface area contributed by atoms with Gasteiger partial charge in [0.15, 0.2) is 0 Å². The van der Waals surface area contributed by atoms with E-state index in [9.17, 15) is 4.39 Å². The second-order valence-electron chi connectivity index (χ2n) is 2.90. The summed E-state index contributed by atoms with van der Waals surface area (Å²) >= 11 is 0. The lowest BCUT2D eigenvalue weighted by Gasteiger charge is -2.06. The number of pyridine rings is 2. The first kappa shape index (κ1) is 9.58. The van der Waals surface area contributed by atoms with Crippen molar-refractivity contribution in [1.82, 2.24) is 9.97 Å². The number of aromatic nitrogens is 2. The topological polar surface area (TPSA) is 35.0 Å². The summed E-state index contributed by atoms with van der Waals surface area (Å²) in [5.74, 6) is -0.0149. The lowest BCUT2D eigenvalue weighted by molar-refractivity contribution is 0.414. The van der Waals surface area contributed by atoms with Gasteiger partial charge in [-0.1, -0.05) is 0 Å². The molecule has 0 saturated carbocycles. The first-order valence-corrected chi connectivity index (χ1v) is 4.43. The quantitative estimate of drug-likeness (QED) is 0.704. The molecule has 15 heavy (non-hydrogen) atoms. The van der Waals surface area contributed by atoms with Gasteiger partial charge in [-0.2, -0.15) is 4.39 Å². The molecule has 0 bridgehead atoms. The summed E-state index contributed by atoms with van der Waals surface area (Å²) in [6, 6.07) is 6.74. The molecule has 3 nitrogen and oxygen atoms in total. The third-order valence-electron chi connectivity index (χ3n) is 2.00. The van der Waals surface area contributed by atoms with E-state index < -0.39 is 5.95 Å². The predicted octanol–water partition coefficient (Wildman–Crippen LogP) is 2.29. The minimum absolute atomic E-state index is 0.343. The molecule has 0 amide bonds. The standard InChI is InChI=1S/C11H9FN2O/c1-15-9-5-3-6-13-10(9)8-4-2-7-14-11(8)12/h2-7H,1H3. The molecular weight excluding hydrogens is 195 g/mol. The fraction of sp³-hybridized carbons (Fsp3) is 0.0909. The van der Waals surface area contributed by atoms with E-state index in [0.717, 1.165) is 0 Å². The monoisotopic (exact) mass is 204 g/mol. The van der Waals surface area contributed by atoms with Crippen LogP contribution in [0.15, 0.2) is 36.7 Å². The van der Waals surface area contributed by atoms with Gasteiger partial charge in [0, 0.05) is 12.4 Å². The molecule has 0 atom stereocenters. The number of nitrogens with zero attached hydrogens (tertiary/aromatic N) is 2. The van der Waals surface area contributed by atoms with Gasteiger partial charge in [0.25, 0.3) is 0 Å². The van der Waals surface area contributed by atoms with Gasteiger partial charge in [-0.25, -0.2) is 4.98 Å². The molecule has 0 aliphatic rings. The molecule has 0 aliphatic heterocycles. The van der Waals surface area contributed by atoms with Crippen LogP contribution in [0.1, 0.15) is 0 Å². The third-order valence-corrected chi connectivity index (χ3v) is 2.00. The molecule has 0 radical (unpaired) electrons. The van der Waals surface area contributed by atoms with Crippen LogP contribution in [0.4, 0.5) is 4.39 Å². The number of hydrogen-bond acceptors (Lipinski definition) is 3. The Morgan fingerprint density at radius 1 is 1.13 bits per heavy atom. The maximum atomic E-state index is 13.4. The largest absolute Gasteiger partial charge is 0.494 e. The Labute approximate surface area is 86.6 Å². The molecule has 0 aromatic carbocycles. The molecule has 0 spiro atoms. The molecule has 2 aromatic heterocycles. The van der Waals surface area contributed by atoms with Gasteiger partial charge in [0.1, 0.15) is 11.4 Å². The maximum absolute atomic E-state index is 13.4. The predicted molar refractivity (Wildman–Crippen MR) is 54.0 cm³/mol. The van der Waals surface area contributed by atoms with Crippen LogP contribution in [0.5, 0.6) is 5.75 Å². The van der Waals surface area contributed by atoms with E-state index in [1.54, 1.807) is 30.5 Å². The lowest BCUT2D eigenvalue weighted by Crippen LogP contribution is -1.94. The van der Waals surface area contributed by atoms with E-state index in [1.807, 2.05) is 0 Å². The van der Waals surface area contributed by atoms with Crippen molar-refractivity contribution < 1.29 is 9.13 Å². The highest BCUT2D eigenvalue weighted by Gasteiger charge is 2.11. The number of halogens is 1. The lowest BCUT2D eigenvalue weighted by atomic mass is 10.1. The summed E-state index contributed by atoms with van der Waals surface area (Å²) in [6.45, 7) is 0. The first-order valence-electron chi connectivity index (χ1n) is 4.43. The van der Waals surface area contributed by atoms with E-state index in [0.29, 0.717) is 17.0 Å². The third kappa shape index (κ3) is 1.79. The van der Waals surface area contributed by atoms with E-state index in [1.165, 1.54) is 13.3 Å². The zero-order valence-corrected chi connectivity index (χ0v) is 8.14. The Bertz CT molecular complexity index is 474. The number of hydrogen-bond donors (Lipinski definition) is 0. The van der Waals surface area contributed by atoms with Crippen molar-refractivity contribution in [3.63, 3.8) is 0 Å². The maximum Gasteiger partial charge on any atom is 0.222 e. The minimum Gasteiger partial charge on any atom is -0.494 e. The van der Waals surface area contributed by atoms with Crippen molar-refractivity contribution in [2.24, 2.45) is 0 Å². The second-order valence-corrected chi connectivity index (χ2v) is 2.90. The molecule has 0 N–H and O–H groups in total. The summed E-state index contributed by atoms with van der Waals surface area (Å²) in [5.41, 5.74) is 0.806. The second kappa shape index (κ2) is 4.04. The van der Waals surface area contributed by atoms with Crippen molar-refractivity contribution in [3.8, 4) is 17.0 Å². The zero-order chi connectivity index (χ0) is 10.7. The van der Waals surface area contributed by atoms with Gasteiger partial charge in [0.05, 0.1) is 12.7 Å². The van der Waals surface area contributed by atoms with E-state index in [4.69, 9.17) is 4.74 Å². The fourth-order valence-electron chi connectivity index (χ4n) is 1.32. The van der Waals surface area contributed by atoms with Gasteiger partial charge in [0.2, 0.25) is 5.95 Å². The summed E-state index contributed by atoms with van der Waals surface area (Å²) in [4.78, 5) is 7.64. The summed E-state index contributed by atoms with van der Waals surface area (Å²) in [7, 11) is 1.52. The molecule has 0 fully saturated rings. The summed E-state index contributed by atoms with van der Waals surface area (Å²) in [6.07, 6.45) is 2.98. The van der Waals surface area contributed by atoms with E-state index >= 15 is 0 Å². The highest BCUT2D eigenvalue weighted by atomic mass is 19.1. The Morgan fingerprint density at radius 3 is 2.60 bits per heavy atom. The highest BCUT2D eigenvalue weighted by molar-refractivity contribution is 5.65. The Hall–Kier alpha value is -1.97. The van der Waals surface area contributed by atoms with Crippen molar-refractivity contribution >= 4 is 0 Å². The van der Waals surface area contributed by atoms with Crippen LogP contribution in [-0.2, 0) is 0 Å². The molecule has 0 saturated heterocycles. The van der Waals surface area contributed by atoms with E-state index in [-0.39, 0.29) is 0 Å². The minimum atomic E-state index is -0.547. The van der Waals surface area contributed by atoms with Crippen LogP contribution in [0.3, 0.4) is 0 Å². The molecule has 0 aliphatic carbocycles. The highest BCUT2D eigenvalue weighted by Crippen LogP contribution is 2.27. The average molecular weight is 204 g/mol. The van der Waals surface area contributed by atoms with Gasteiger partial charge in [-0.15, -0.1) is 0 Å². The smallest absolute Gasteiger partial charge is 0.222 e. The summed E-state index contributed by atoms with van der Waals surface area (Å²) in [5, 5.41) is 0. The molecule has 2 heterocycles. The molecule has 76 valence electrons. The first-order chi connectivity index (χ1) is 7.33. The van der Waals surface area contributed by atoms with Crippen LogP contribution in [0.25, 0.3) is 11.3 Å². The van der Waals surface area contributed by atoms with Crippen LogP contribution in [-0.4, -0.2) is 17.1 Å². The zero-order valence-electron chi connectivity index (χ0n) is 8.14.